The fraction of sp³-hybridized carbons (Fsp3) is 0.300. The number of rotatable bonds is 7. The van der Waals surface area contributed by atoms with E-state index in [4.69, 9.17) is 9.47 Å². The molecule has 1 aromatic carbocycles. The molecule has 2 aromatic heterocycles. The Bertz CT molecular complexity index is 1070. The van der Waals surface area contributed by atoms with Crippen molar-refractivity contribution in [3.8, 4) is 0 Å². The summed E-state index contributed by atoms with van der Waals surface area (Å²) in [6.45, 7) is 4.44. The summed E-state index contributed by atoms with van der Waals surface area (Å²) in [5.74, 6) is -0.932. The summed E-state index contributed by atoms with van der Waals surface area (Å²) in [5.41, 5.74) is 1.08. The lowest BCUT2D eigenvalue weighted by molar-refractivity contribution is 0.0501. The van der Waals surface area contributed by atoms with E-state index in [1.807, 2.05) is 13.0 Å². The minimum absolute atomic E-state index is 0.217. The van der Waals surface area contributed by atoms with Gasteiger partial charge in [-0.05, 0) is 31.0 Å². The summed E-state index contributed by atoms with van der Waals surface area (Å²) in [4.78, 5) is 41.8. The zero-order valence-corrected chi connectivity index (χ0v) is 16.5. The Labute approximate surface area is 165 Å². The molecular formula is C20H20N2O5S. The Hall–Kier alpha value is -3.00. The Balaban J connectivity index is 1.92. The summed E-state index contributed by atoms with van der Waals surface area (Å²) in [6, 6.07) is 6.91. The second-order valence-corrected chi connectivity index (χ2v) is 6.92. The number of esters is 2. The molecule has 2 heterocycles. The van der Waals surface area contributed by atoms with Gasteiger partial charge in [0.2, 0.25) is 0 Å². The van der Waals surface area contributed by atoms with Gasteiger partial charge in [-0.1, -0.05) is 19.1 Å². The fourth-order valence-corrected chi connectivity index (χ4v) is 3.58. The number of fused-ring (bicyclic) bond motifs is 1. The summed E-state index contributed by atoms with van der Waals surface area (Å²) in [6.07, 6.45) is 2.19. The van der Waals surface area contributed by atoms with E-state index in [-0.39, 0.29) is 29.7 Å². The zero-order valence-electron chi connectivity index (χ0n) is 15.6. The van der Waals surface area contributed by atoms with Crippen molar-refractivity contribution < 1.29 is 19.1 Å². The van der Waals surface area contributed by atoms with Crippen LogP contribution in [0.3, 0.4) is 0 Å². The highest BCUT2D eigenvalue weighted by molar-refractivity contribution is 7.17. The maximum absolute atomic E-state index is 12.9. The van der Waals surface area contributed by atoms with Crippen molar-refractivity contribution >= 4 is 33.5 Å². The predicted octanol–water partition coefficient (Wildman–Crippen LogP) is 3.25. The highest BCUT2D eigenvalue weighted by Crippen LogP contribution is 2.21. The van der Waals surface area contributed by atoms with Crippen molar-refractivity contribution in [2.24, 2.45) is 0 Å². The van der Waals surface area contributed by atoms with Crippen LogP contribution >= 0.6 is 11.3 Å². The number of thiophene rings is 1. The molecule has 0 N–H and O–H groups in total. The van der Waals surface area contributed by atoms with E-state index in [0.29, 0.717) is 17.0 Å². The third-order valence-corrected chi connectivity index (χ3v) is 4.90. The highest BCUT2D eigenvalue weighted by Gasteiger charge is 2.18. The van der Waals surface area contributed by atoms with Crippen LogP contribution in [-0.4, -0.2) is 34.7 Å². The molecule has 0 aliphatic carbocycles. The molecule has 8 heteroatoms. The van der Waals surface area contributed by atoms with Gasteiger partial charge >= 0.3 is 11.9 Å². The highest BCUT2D eigenvalue weighted by atomic mass is 32.1. The fourth-order valence-electron chi connectivity index (χ4n) is 2.71. The molecule has 3 rings (SSSR count). The molecule has 3 aromatic rings. The van der Waals surface area contributed by atoms with Crippen molar-refractivity contribution in [2.75, 3.05) is 13.2 Å². The van der Waals surface area contributed by atoms with E-state index in [0.717, 1.165) is 12.0 Å². The lowest BCUT2D eigenvalue weighted by Gasteiger charge is -2.08. The topological polar surface area (TPSA) is 87.5 Å². The number of ether oxygens (including phenoxy) is 2. The van der Waals surface area contributed by atoms with Crippen LogP contribution in [0.4, 0.5) is 0 Å². The van der Waals surface area contributed by atoms with Gasteiger partial charge in [0.25, 0.3) is 5.56 Å². The Kier molecular flexibility index (Phi) is 6.20. The maximum atomic E-state index is 12.9. The molecule has 0 aliphatic heterocycles. The number of nitrogens with zero attached hydrogens (tertiary/aromatic N) is 2. The first-order valence-electron chi connectivity index (χ1n) is 8.95. The van der Waals surface area contributed by atoms with Crippen LogP contribution in [0.2, 0.25) is 0 Å². The molecule has 146 valence electrons. The molecule has 0 bridgehead atoms. The van der Waals surface area contributed by atoms with Crippen LogP contribution in [0.25, 0.3) is 10.2 Å². The standard InChI is InChI=1S/C20H20N2O5S/c1-3-8-27-19(24)14-7-5-6-13(9-14)10-22-12-21-17-16(18(22)23)15(11-28-17)20(25)26-4-2/h5-7,9,11-12H,3-4,8,10H2,1-2H3. The van der Waals surface area contributed by atoms with Crippen molar-refractivity contribution in [2.45, 2.75) is 26.8 Å². The molecule has 0 atom stereocenters. The number of carbonyl (C=O) groups is 2. The molecule has 28 heavy (non-hydrogen) atoms. The van der Waals surface area contributed by atoms with E-state index < -0.39 is 11.9 Å². The minimum atomic E-state index is -0.536. The van der Waals surface area contributed by atoms with E-state index >= 15 is 0 Å². The number of carbonyl (C=O) groups excluding carboxylic acids is 2. The molecular weight excluding hydrogens is 380 g/mol. The van der Waals surface area contributed by atoms with Crippen molar-refractivity contribution in [3.05, 3.63) is 63.0 Å². The summed E-state index contributed by atoms with van der Waals surface area (Å²) >= 11 is 1.22. The van der Waals surface area contributed by atoms with E-state index in [1.165, 1.54) is 22.2 Å². The molecule has 0 radical (unpaired) electrons. The number of benzene rings is 1. The minimum Gasteiger partial charge on any atom is -0.462 e. The van der Waals surface area contributed by atoms with E-state index in [2.05, 4.69) is 4.98 Å². The summed E-state index contributed by atoms with van der Waals surface area (Å²) in [7, 11) is 0. The quantitative estimate of drug-likeness (QED) is 0.566. The zero-order chi connectivity index (χ0) is 20.1. The Morgan fingerprint density at radius 1 is 1.18 bits per heavy atom. The van der Waals surface area contributed by atoms with Crippen LogP contribution in [0.1, 0.15) is 46.5 Å². The van der Waals surface area contributed by atoms with Gasteiger partial charge in [-0.15, -0.1) is 11.3 Å². The van der Waals surface area contributed by atoms with Crippen molar-refractivity contribution in [1.82, 2.24) is 9.55 Å². The molecule has 0 spiro atoms. The van der Waals surface area contributed by atoms with Gasteiger partial charge < -0.3 is 9.47 Å². The molecule has 7 nitrogen and oxygen atoms in total. The van der Waals surface area contributed by atoms with Gasteiger partial charge in [0.05, 0.1) is 42.6 Å². The molecule has 0 saturated heterocycles. The van der Waals surface area contributed by atoms with Gasteiger partial charge in [0.15, 0.2) is 0 Å². The van der Waals surface area contributed by atoms with Gasteiger partial charge in [0.1, 0.15) is 4.83 Å². The monoisotopic (exact) mass is 400 g/mol. The average Bonchev–Trinajstić information content (AvgIpc) is 3.14. The van der Waals surface area contributed by atoms with Crippen LogP contribution in [0, 0.1) is 0 Å². The Morgan fingerprint density at radius 2 is 2.00 bits per heavy atom. The number of hydrogen-bond donors (Lipinski definition) is 0. The molecule has 0 fully saturated rings. The van der Waals surface area contributed by atoms with Crippen LogP contribution in [0.15, 0.2) is 40.8 Å². The largest absolute Gasteiger partial charge is 0.462 e. The van der Waals surface area contributed by atoms with Crippen LogP contribution in [-0.2, 0) is 16.0 Å². The average molecular weight is 400 g/mol. The van der Waals surface area contributed by atoms with Crippen molar-refractivity contribution in [3.63, 3.8) is 0 Å². The lowest BCUT2D eigenvalue weighted by Crippen LogP contribution is -2.22. The smallest absolute Gasteiger partial charge is 0.339 e. The first-order valence-corrected chi connectivity index (χ1v) is 9.83. The molecule has 0 unspecified atom stereocenters. The third kappa shape index (κ3) is 4.12. The van der Waals surface area contributed by atoms with Gasteiger partial charge in [-0.3, -0.25) is 9.36 Å². The first-order chi connectivity index (χ1) is 13.5. The second-order valence-electron chi connectivity index (χ2n) is 6.06. The van der Waals surface area contributed by atoms with Gasteiger partial charge in [-0.25, -0.2) is 14.6 Å². The first kappa shape index (κ1) is 19.8. The maximum Gasteiger partial charge on any atom is 0.339 e. The Morgan fingerprint density at radius 3 is 2.75 bits per heavy atom. The van der Waals surface area contributed by atoms with Gasteiger partial charge in [-0.2, -0.15) is 0 Å². The second kappa shape index (κ2) is 8.79. The normalized spacial score (nSPS) is 10.8. The molecule has 0 aliphatic rings. The van der Waals surface area contributed by atoms with Crippen molar-refractivity contribution in [1.29, 1.82) is 0 Å². The molecule has 0 amide bonds. The number of hydrogen-bond acceptors (Lipinski definition) is 7. The third-order valence-electron chi connectivity index (χ3n) is 4.01. The summed E-state index contributed by atoms with van der Waals surface area (Å²) in [5, 5.41) is 1.84. The van der Waals surface area contributed by atoms with Crippen LogP contribution < -0.4 is 5.56 Å². The lowest BCUT2D eigenvalue weighted by atomic mass is 10.1. The summed E-state index contributed by atoms with van der Waals surface area (Å²) < 4.78 is 11.6. The number of aromatic nitrogens is 2. The molecule has 0 saturated carbocycles. The van der Waals surface area contributed by atoms with Gasteiger partial charge in [0, 0.05) is 5.38 Å². The predicted molar refractivity (Wildman–Crippen MR) is 106 cm³/mol. The SMILES string of the molecule is CCCOC(=O)c1cccc(Cn2cnc3scc(C(=O)OCC)c3c2=O)c1. The van der Waals surface area contributed by atoms with E-state index in [1.54, 1.807) is 30.5 Å². The van der Waals surface area contributed by atoms with E-state index in [9.17, 15) is 14.4 Å². The van der Waals surface area contributed by atoms with Crippen LogP contribution in [0.5, 0.6) is 0 Å².